The van der Waals surface area contributed by atoms with Gasteiger partial charge < -0.3 is 31.4 Å². The van der Waals surface area contributed by atoms with Gasteiger partial charge in [-0.1, -0.05) is 30.3 Å². The number of carbonyl (C=O) groups is 4. The Bertz CT molecular complexity index is 1750. The number of aryl methyl sites for hydroxylation is 2. The van der Waals surface area contributed by atoms with Gasteiger partial charge in [-0.05, 0) is 74.4 Å². The minimum absolute atomic E-state index is 0.181. The average molecular weight is 550 g/mol. The largest absolute Gasteiger partial charge is 0.478 e. The number of aromatic amines is 1. The Kier molecular flexibility index (Phi) is 7.13. The van der Waals surface area contributed by atoms with Crippen LogP contribution in [-0.2, 0) is 4.79 Å². The zero-order chi connectivity index (χ0) is 29.3. The maximum absolute atomic E-state index is 12.8. The number of benzene rings is 3. The first kappa shape index (κ1) is 26.9. The van der Waals surface area contributed by atoms with E-state index in [9.17, 15) is 24.3 Å². The lowest BCUT2D eigenvalue weighted by Gasteiger charge is -2.13. The van der Waals surface area contributed by atoms with Gasteiger partial charge in [-0.3, -0.25) is 9.59 Å². The summed E-state index contributed by atoms with van der Waals surface area (Å²) in [4.78, 5) is 52.7. The van der Waals surface area contributed by atoms with Crippen LogP contribution in [0.1, 0.15) is 48.8 Å². The molecule has 0 saturated heterocycles. The van der Waals surface area contributed by atoms with Crippen LogP contribution in [0.25, 0.3) is 11.6 Å². The van der Waals surface area contributed by atoms with Gasteiger partial charge in [-0.25, -0.2) is 9.59 Å². The standard InChI is InChI=1S/C31H27N5O5/c1-16-9-10-20(33-28(37)19-7-5-4-6-8-19)13-24(16)36-31(41)34-21-11-12-22-23(29(38)35-26(22)14-21)15-25-17(2)27(30(39)40)18(3)32-25/h4-15,32H,1-3H3,(H,33,37)(H,35,38)(H,39,40)(H2,34,36,41). The molecule has 1 aliphatic rings. The maximum atomic E-state index is 12.8. The average Bonchev–Trinajstić information content (AvgIpc) is 3.39. The summed E-state index contributed by atoms with van der Waals surface area (Å²) >= 11 is 0. The van der Waals surface area contributed by atoms with Crippen LogP contribution in [0.3, 0.4) is 0 Å². The van der Waals surface area contributed by atoms with E-state index in [0.29, 0.717) is 56.4 Å². The first-order valence-corrected chi connectivity index (χ1v) is 12.8. The number of aromatic nitrogens is 1. The molecule has 1 aliphatic heterocycles. The molecule has 6 N–H and O–H groups in total. The number of fused-ring (bicyclic) bond motifs is 1. The minimum Gasteiger partial charge on any atom is -0.478 e. The number of aromatic carboxylic acids is 1. The fraction of sp³-hybridized carbons (Fsp3) is 0.0968. The summed E-state index contributed by atoms with van der Waals surface area (Å²) in [5.41, 5.74) is 6.10. The van der Waals surface area contributed by atoms with Gasteiger partial charge in [0.1, 0.15) is 0 Å². The second-order valence-corrected chi connectivity index (χ2v) is 9.67. The van der Waals surface area contributed by atoms with Crippen molar-refractivity contribution < 1.29 is 24.3 Å². The molecule has 1 aromatic heterocycles. The molecule has 2 heterocycles. The lowest BCUT2D eigenvalue weighted by molar-refractivity contribution is -0.110. The normalized spacial score (nSPS) is 13.0. The summed E-state index contributed by atoms with van der Waals surface area (Å²) in [7, 11) is 0. The van der Waals surface area contributed by atoms with E-state index in [-0.39, 0.29) is 17.4 Å². The SMILES string of the molecule is Cc1ccc(NC(=O)c2ccccc2)cc1NC(=O)Nc1ccc2c(c1)NC(=O)C2=Cc1[nH]c(C)c(C(=O)O)c1C. The van der Waals surface area contributed by atoms with Crippen LogP contribution in [0.4, 0.5) is 27.5 Å². The summed E-state index contributed by atoms with van der Waals surface area (Å²) in [5, 5.41) is 20.6. The highest BCUT2D eigenvalue weighted by atomic mass is 16.4. The molecule has 0 saturated carbocycles. The fourth-order valence-corrected chi connectivity index (χ4v) is 4.71. The van der Waals surface area contributed by atoms with Crippen LogP contribution < -0.4 is 21.3 Å². The van der Waals surface area contributed by atoms with E-state index in [1.807, 2.05) is 13.0 Å². The molecule has 206 valence electrons. The highest BCUT2D eigenvalue weighted by Gasteiger charge is 2.26. The fourth-order valence-electron chi connectivity index (χ4n) is 4.71. The lowest BCUT2D eigenvalue weighted by Crippen LogP contribution is -2.20. The molecule has 4 aromatic rings. The smallest absolute Gasteiger partial charge is 0.337 e. The zero-order valence-corrected chi connectivity index (χ0v) is 22.5. The Labute approximate surface area is 235 Å². The number of carbonyl (C=O) groups excluding carboxylic acids is 3. The minimum atomic E-state index is -1.04. The van der Waals surface area contributed by atoms with Crippen LogP contribution in [-0.4, -0.2) is 33.9 Å². The Morgan fingerprint density at radius 3 is 2.27 bits per heavy atom. The van der Waals surface area contributed by atoms with E-state index >= 15 is 0 Å². The van der Waals surface area contributed by atoms with Crippen molar-refractivity contribution in [2.75, 3.05) is 21.3 Å². The summed E-state index contributed by atoms with van der Waals surface area (Å²) in [6.07, 6.45) is 1.63. The Morgan fingerprint density at radius 2 is 1.56 bits per heavy atom. The summed E-state index contributed by atoms with van der Waals surface area (Å²) in [6.45, 7) is 5.19. The molecular weight excluding hydrogens is 522 g/mol. The van der Waals surface area contributed by atoms with Gasteiger partial charge in [0.25, 0.3) is 11.8 Å². The predicted octanol–water partition coefficient (Wildman–Crippen LogP) is 6.03. The highest BCUT2D eigenvalue weighted by molar-refractivity contribution is 6.35. The van der Waals surface area contributed by atoms with Gasteiger partial charge in [-0.2, -0.15) is 0 Å². The van der Waals surface area contributed by atoms with Crippen molar-refractivity contribution in [2.24, 2.45) is 0 Å². The zero-order valence-electron chi connectivity index (χ0n) is 22.5. The monoisotopic (exact) mass is 549 g/mol. The number of nitrogens with one attached hydrogen (secondary N) is 5. The number of hydrogen-bond donors (Lipinski definition) is 6. The summed E-state index contributed by atoms with van der Waals surface area (Å²) in [5.74, 6) is -1.64. The Hall–Kier alpha value is -5.64. The van der Waals surface area contributed by atoms with Gasteiger partial charge in [0.15, 0.2) is 0 Å². The topological polar surface area (TPSA) is 152 Å². The van der Waals surface area contributed by atoms with Crippen LogP contribution >= 0.6 is 0 Å². The molecule has 0 spiro atoms. The number of rotatable bonds is 6. The van der Waals surface area contributed by atoms with Crippen LogP contribution in [0, 0.1) is 20.8 Å². The van der Waals surface area contributed by atoms with Crippen LogP contribution in [0.5, 0.6) is 0 Å². The molecule has 0 unspecified atom stereocenters. The molecule has 10 heteroatoms. The molecule has 0 radical (unpaired) electrons. The number of carboxylic acid groups (broad SMARTS) is 1. The third-order valence-corrected chi connectivity index (χ3v) is 6.82. The second kappa shape index (κ2) is 10.9. The van der Waals surface area contributed by atoms with E-state index in [1.165, 1.54) is 0 Å². The molecule has 3 aromatic carbocycles. The predicted molar refractivity (Wildman–Crippen MR) is 158 cm³/mol. The quantitative estimate of drug-likeness (QED) is 0.162. The molecule has 0 fully saturated rings. The van der Waals surface area contributed by atoms with E-state index in [2.05, 4.69) is 26.3 Å². The van der Waals surface area contributed by atoms with Gasteiger partial charge >= 0.3 is 12.0 Å². The van der Waals surface area contributed by atoms with Crippen molar-refractivity contribution in [3.63, 3.8) is 0 Å². The number of hydrogen-bond acceptors (Lipinski definition) is 4. The molecule has 0 atom stereocenters. The number of anilines is 4. The van der Waals surface area contributed by atoms with Gasteiger partial charge in [0.2, 0.25) is 0 Å². The first-order chi connectivity index (χ1) is 19.6. The number of carboxylic acids is 1. The molecular formula is C31H27N5O5. The van der Waals surface area contributed by atoms with Crippen LogP contribution in [0.2, 0.25) is 0 Å². The van der Waals surface area contributed by atoms with Crippen LogP contribution in [0.15, 0.2) is 66.7 Å². The maximum Gasteiger partial charge on any atom is 0.337 e. The van der Waals surface area contributed by atoms with E-state index < -0.39 is 12.0 Å². The van der Waals surface area contributed by atoms with Crippen molar-refractivity contribution >= 4 is 58.2 Å². The summed E-state index contributed by atoms with van der Waals surface area (Å²) < 4.78 is 0. The number of amides is 4. The van der Waals surface area contributed by atoms with Gasteiger partial charge in [0, 0.05) is 39.6 Å². The third-order valence-electron chi connectivity index (χ3n) is 6.82. The molecule has 10 nitrogen and oxygen atoms in total. The van der Waals surface area contributed by atoms with Crippen molar-refractivity contribution in [1.29, 1.82) is 0 Å². The third kappa shape index (κ3) is 5.57. The van der Waals surface area contributed by atoms with E-state index in [0.717, 1.165) is 5.56 Å². The lowest BCUT2D eigenvalue weighted by atomic mass is 10.0. The Morgan fingerprint density at radius 1 is 0.854 bits per heavy atom. The second-order valence-electron chi connectivity index (χ2n) is 9.67. The van der Waals surface area contributed by atoms with Crippen molar-refractivity contribution in [3.05, 3.63) is 106 Å². The summed E-state index contributed by atoms with van der Waals surface area (Å²) in [6, 6.07) is 18.6. The van der Waals surface area contributed by atoms with Crippen molar-refractivity contribution in [3.8, 4) is 0 Å². The number of H-pyrrole nitrogens is 1. The van der Waals surface area contributed by atoms with Gasteiger partial charge in [0.05, 0.1) is 16.8 Å². The molecule has 5 rings (SSSR count). The molecule has 0 bridgehead atoms. The highest BCUT2D eigenvalue weighted by Crippen LogP contribution is 2.36. The van der Waals surface area contributed by atoms with E-state index in [4.69, 9.17) is 0 Å². The molecule has 41 heavy (non-hydrogen) atoms. The molecule has 4 amide bonds. The molecule has 0 aliphatic carbocycles. The Balaban J connectivity index is 1.30. The first-order valence-electron chi connectivity index (χ1n) is 12.8. The van der Waals surface area contributed by atoms with E-state index in [1.54, 1.807) is 80.6 Å². The number of urea groups is 1. The van der Waals surface area contributed by atoms with Crippen molar-refractivity contribution in [1.82, 2.24) is 4.98 Å². The van der Waals surface area contributed by atoms with Crippen molar-refractivity contribution in [2.45, 2.75) is 20.8 Å². The van der Waals surface area contributed by atoms with Gasteiger partial charge in [-0.15, -0.1) is 0 Å².